The maximum atomic E-state index is 5.07. The van der Waals surface area contributed by atoms with Crippen LogP contribution in [0.3, 0.4) is 0 Å². The van der Waals surface area contributed by atoms with E-state index >= 15 is 0 Å². The van der Waals surface area contributed by atoms with E-state index in [1.165, 1.54) is 31.3 Å². The van der Waals surface area contributed by atoms with Gasteiger partial charge in [0.25, 0.3) is 0 Å². The number of aromatic nitrogens is 3. The topological polar surface area (TPSA) is 30.7 Å². The Morgan fingerprint density at radius 1 is 0.706 bits per heavy atom. The summed E-state index contributed by atoms with van der Waals surface area (Å²) in [5.41, 5.74) is 7.92. The molecule has 3 heterocycles. The minimum absolute atomic E-state index is 0.883. The first-order chi connectivity index (χ1) is 16.8. The molecule has 0 radical (unpaired) electrons. The predicted octanol–water partition coefficient (Wildman–Crippen LogP) is 8.17. The SMILES string of the molecule is CCc1nc2ccccc2n1-c1ccc(-c2c3ccccc3nc3c2sc2ccccc23)cc1. The molecule has 0 aliphatic carbocycles. The monoisotopic (exact) mass is 455 g/mol. The van der Waals surface area contributed by atoms with Crippen LogP contribution in [0, 0.1) is 0 Å². The first-order valence-electron chi connectivity index (χ1n) is 11.6. The first kappa shape index (κ1) is 19.4. The average Bonchev–Trinajstić information content (AvgIpc) is 3.45. The van der Waals surface area contributed by atoms with Gasteiger partial charge in [0.2, 0.25) is 0 Å². The second-order valence-corrected chi connectivity index (χ2v) is 9.58. The molecule has 4 heteroatoms. The van der Waals surface area contributed by atoms with Gasteiger partial charge in [-0.15, -0.1) is 11.3 Å². The summed E-state index contributed by atoms with van der Waals surface area (Å²) in [5, 5.41) is 2.42. The Bertz CT molecular complexity index is 1840. The zero-order chi connectivity index (χ0) is 22.6. The molecule has 0 N–H and O–H groups in total. The van der Waals surface area contributed by atoms with Crippen molar-refractivity contribution in [2.45, 2.75) is 13.3 Å². The lowest BCUT2D eigenvalue weighted by Gasteiger charge is -2.12. The molecular weight excluding hydrogens is 434 g/mol. The Labute approximate surface area is 201 Å². The van der Waals surface area contributed by atoms with Crippen LogP contribution in [0.2, 0.25) is 0 Å². The molecule has 0 atom stereocenters. The highest BCUT2D eigenvalue weighted by Gasteiger charge is 2.17. The van der Waals surface area contributed by atoms with Crippen LogP contribution in [0.4, 0.5) is 0 Å². The van der Waals surface area contributed by atoms with Crippen molar-refractivity contribution in [3.63, 3.8) is 0 Å². The Hall–Kier alpha value is -4.02. The summed E-state index contributed by atoms with van der Waals surface area (Å²) in [4.78, 5) is 9.92. The zero-order valence-electron chi connectivity index (χ0n) is 18.7. The number of pyridine rings is 1. The number of thiophene rings is 1. The minimum Gasteiger partial charge on any atom is -0.296 e. The van der Waals surface area contributed by atoms with E-state index in [0.29, 0.717) is 0 Å². The van der Waals surface area contributed by atoms with Gasteiger partial charge in [-0.05, 0) is 42.0 Å². The van der Waals surface area contributed by atoms with Crippen molar-refractivity contribution in [2.75, 3.05) is 0 Å². The summed E-state index contributed by atoms with van der Waals surface area (Å²) >= 11 is 1.83. The van der Waals surface area contributed by atoms with E-state index in [-0.39, 0.29) is 0 Å². The molecule has 0 fully saturated rings. The van der Waals surface area contributed by atoms with Crippen LogP contribution in [0.1, 0.15) is 12.7 Å². The number of fused-ring (bicyclic) bond motifs is 5. The zero-order valence-corrected chi connectivity index (χ0v) is 19.5. The highest BCUT2D eigenvalue weighted by atomic mass is 32.1. The van der Waals surface area contributed by atoms with Crippen LogP contribution in [0.25, 0.3) is 59.1 Å². The smallest absolute Gasteiger partial charge is 0.114 e. The average molecular weight is 456 g/mol. The lowest BCUT2D eigenvalue weighted by Crippen LogP contribution is -1.99. The number of hydrogen-bond acceptors (Lipinski definition) is 3. The molecule has 0 unspecified atom stereocenters. The van der Waals surface area contributed by atoms with Gasteiger partial charge in [0.15, 0.2) is 0 Å². The standard InChI is InChI=1S/C30H21N3S/c1-2-27-31-24-12-6-7-13-25(24)33(27)20-17-15-19(16-18-20)28-21-9-3-5-11-23(21)32-29-22-10-4-8-14-26(22)34-30(28)29/h3-18H,2H2,1H3. The first-order valence-corrected chi connectivity index (χ1v) is 12.4. The van der Waals surface area contributed by atoms with E-state index in [9.17, 15) is 0 Å². The summed E-state index contributed by atoms with van der Waals surface area (Å²) in [6.45, 7) is 2.16. The van der Waals surface area contributed by atoms with Gasteiger partial charge in [0.1, 0.15) is 5.82 Å². The fourth-order valence-electron chi connectivity index (χ4n) is 5.00. The van der Waals surface area contributed by atoms with Gasteiger partial charge in [-0.1, -0.05) is 67.6 Å². The Morgan fingerprint density at radius 3 is 2.24 bits per heavy atom. The quantitative estimate of drug-likeness (QED) is 0.269. The molecule has 162 valence electrons. The lowest BCUT2D eigenvalue weighted by molar-refractivity contribution is 0.908. The highest BCUT2D eigenvalue weighted by molar-refractivity contribution is 7.26. The third-order valence-corrected chi connectivity index (χ3v) is 7.74. The van der Waals surface area contributed by atoms with Crippen molar-refractivity contribution in [3.8, 4) is 16.8 Å². The number of para-hydroxylation sites is 3. The van der Waals surface area contributed by atoms with Crippen LogP contribution >= 0.6 is 11.3 Å². The van der Waals surface area contributed by atoms with Crippen LogP contribution in [0.5, 0.6) is 0 Å². The molecular formula is C30H21N3S. The molecule has 3 aromatic heterocycles. The molecule has 0 saturated carbocycles. The summed E-state index contributed by atoms with van der Waals surface area (Å²) in [7, 11) is 0. The number of aryl methyl sites for hydroxylation is 1. The van der Waals surface area contributed by atoms with E-state index in [1.54, 1.807) is 0 Å². The van der Waals surface area contributed by atoms with E-state index in [0.717, 1.165) is 40.0 Å². The highest BCUT2D eigenvalue weighted by Crippen LogP contribution is 2.42. The molecule has 0 aliphatic heterocycles. The van der Waals surface area contributed by atoms with Crippen molar-refractivity contribution in [1.82, 2.24) is 14.5 Å². The van der Waals surface area contributed by atoms with Crippen molar-refractivity contribution in [1.29, 1.82) is 0 Å². The Balaban J connectivity index is 1.48. The van der Waals surface area contributed by atoms with Crippen LogP contribution in [-0.4, -0.2) is 14.5 Å². The second-order valence-electron chi connectivity index (χ2n) is 8.53. The normalized spacial score (nSPS) is 11.8. The van der Waals surface area contributed by atoms with E-state index in [1.807, 2.05) is 17.4 Å². The molecule has 0 bridgehead atoms. The summed E-state index contributed by atoms with van der Waals surface area (Å²) in [5.74, 6) is 1.08. The van der Waals surface area contributed by atoms with Gasteiger partial charge < -0.3 is 0 Å². The van der Waals surface area contributed by atoms with Gasteiger partial charge in [-0.3, -0.25) is 4.57 Å². The van der Waals surface area contributed by atoms with Crippen molar-refractivity contribution >= 4 is 53.6 Å². The number of hydrogen-bond donors (Lipinski definition) is 0. The Kier molecular flexibility index (Phi) is 4.29. The van der Waals surface area contributed by atoms with Crippen molar-refractivity contribution < 1.29 is 0 Å². The molecule has 7 rings (SSSR count). The van der Waals surface area contributed by atoms with Gasteiger partial charge >= 0.3 is 0 Å². The Morgan fingerprint density at radius 2 is 1.41 bits per heavy atom. The maximum absolute atomic E-state index is 5.07. The fraction of sp³-hybridized carbons (Fsp3) is 0.0667. The van der Waals surface area contributed by atoms with Crippen LogP contribution < -0.4 is 0 Å². The van der Waals surface area contributed by atoms with Crippen LogP contribution in [-0.2, 0) is 6.42 Å². The molecule has 7 aromatic rings. The van der Waals surface area contributed by atoms with E-state index in [4.69, 9.17) is 9.97 Å². The molecule has 0 aliphatic rings. The molecule has 3 nitrogen and oxygen atoms in total. The molecule has 0 spiro atoms. The molecule has 4 aromatic carbocycles. The van der Waals surface area contributed by atoms with Gasteiger partial charge in [0.05, 0.1) is 26.8 Å². The maximum Gasteiger partial charge on any atom is 0.114 e. The summed E-state index contributed by atoms with van der Waals surface area (Å²) < 4.78 is 4.80. The van der Waals surface area contributed by atoms with Gasteiger partial charge in [-0.25, -0.2) is 9.97 Å². The fourth-order valence-corrected chi connectivity index (χ4v) is 6.23. The summed E-state index contributed by atoms with van der Waals surface area (Å²) in [6, 6.07) is 34.3. The number of rotatable bonds is 3. The van der Waals surface area contributed by atoms with Gasteiger partial charge in [0, 0.05) is 33.1 Å². The molecule has 0 amide bonds. The van der Waals surface area contributed by atoms with Crippen molar-refractivity contribution in [3.05, 3.63) is 103 Å². The minimum atomic E-state index is 0.883. The lowest BCUT2D eigenvalue weighted by atomic mass is 9.99. The van der Waals surface area contributed by atoms with Crippen molar-refractivity contribution in [2.24, 2.45) is 0 Å². The van der Waals surface area contributed by atoms with Gasteiger partial charge in [-0.2, -0.15) is 0 Å². The van der Waals surface area contributed by atoms with E-state index in [2.05, 4.69) is 102 Å². The number of imidazole rings is 1. The molecule has 0 saturated heterocycles. The number of benzene rings is 4. The molecule has 34 heavy (non-hydrogen) atoms. The third-order valence-electron chi connectivity index (χ3n) is 6.56. The predicted molar refractivity (Wildman–Crippen MR) is 144 cm³/mol. The largest absolute Gasteiger partial charge is 0.296 e. The van der Waals surface area contributed by atoms with Crippen LogP contribution in [0.15, 0.2) is 97.1 Å². The second kappa shape index (κ2) is 7.51. The third kappa shape index (κ3) is 2.82. The number of nitrogens with zero attached hydrogens (tertiary/aromatic N) is 3. The van der Waals surface area contributed by atoms with E-state index < -0.39 is 0 Å². The summed E-state index contributed by atoms with van der Waals surface area (Å²) in [6.07, 6.45) is 0.883.